The summed E-state index contributed by atoms with van der Waals surface area (Å²) in [7, 11) is 0. The number of rotatable bonds is 6. The van der Waals surface area contributed by atoms with Crippen LogP contribution in [-0.4, -0.2) is 9.85 Å². The van der Waals surface area contributed by atoms with Crippen molar-refractivity contribution in [1.29, 1.82) is 0 Å². The summed E-state index contributed by atoms with van der Waals surface area (Å²) in [5.41, 5.74) is 3.49. The normalized spacial score (nSPS) is 15.5. The Bertz CT molecular complexity index is 1260. The molecule has 0 radical (unpaired) electrons. The van der Waals surface area contributed by atoms with Crippen LogP contribution in [0.15, 0.2) is 109 Å². The van der Waals surface area contributed by atoms with Gasteiger partial charge in [0.05, 0.1) is 19.3 Å². The van der Waals surface area contributed by atoms with Gasteiger partial charge >= 0.3 is 0 Å². The van der Waals surface area contributed by atoms with Gasteiger partial charge in [0.15, 0.2) is 0 Å². The molecule has 33 heavy (non-hydrogen) atoms. The van der Waals surface area contributed by atoms with Gasteiger partial charge in [-0.3, -0.25) is 20.2 Å². The zero-order valence-electron chi connectivity index (χ0n) is 17.3. The predicted octanol–water partition coefficient (Wildman–Crippen LogP) is 6.44. The number of nitrogens with zero attached hydrogens (tertiary/aromatic N) is 2. The van der Waals surface area contributed by atoms with Gasteiger partial charge in [-0.2, -0.15) is 0 Å². The van der Waals surface area contributed by atoms with Gasteiger partial charge in [-0.15, -0.1) is 11.8 Å². The topological polar surface area (TPSA) is 86.3 Å². The fraction of sp³-hybridized carbons (Fsp3) is 0.0769. The van der Waals surface area contributed by atoms with Crippen LogP contribution in [0.2, 0.25) is 0 Å². The summed E-state index contributed by atoms with van der Waals surface area (Å²) in [6.07, 6.45) is 0. The molecule has 0 N–H and O–H groups in total. The smallest absolute Gasteiger partial charge is 0.258 e. The van der Waals surface area contributed by atoms with Crippen molar-refractivity contribution < 1.29 is 9.85 Å². The van der Waals surface area contributed by atoms with Gasteiger partial charge in [-0.1, -0.05) is 84.9 Å². The maximum absolute atomic E-state index is 11.6. The number of hydrogen-bond donors (Lipinski definition) is 0. The minimum atomic E-state index is -0.784. The first kappa shape index (κ1) is 20.9. The molecule has 6 nitrogen and oxygen atoms in total. The summed E-state index contributed by atoms with van der Waals surface area (Å²) in [6, 6.07) is 33.1. The molecular weight excluding hydrogens is 436 g/mol. The third kappa shape index (κ3) is 3.20. The molecule has 1 saturated heterocycles. The average Bonchev–Trinajstić information content (AvgIpc) is 3.58. The van der Waals surface area contributed by atoms with E-state index in [0.29, 0.717) is 0 Å². The lowest BCUT2D eigenvalue weighted by Crippen LogP contribution is -2.25. The lowest BCUT2D eigenvalue weighted by molar-refractivity contribution is -0.385. The molecule has 0 saturated carbocycles. The van der Waals surface area contributed by atoms with E-state index in [1.165, 1.54) is 12.1 Å². The minimum absolute atomic E-state index is 0.0140. The monoisotopic (exact) mass is 454 g/mol. The molecule has 0 atom stereocenters. The summed E-state index contributed by atoms with van der Waals surface area (Å²) < 4.78 is -1.40. The molecule has 4 aromatic carbocycles. The van der Waals surface area contributed by atoms with Crippen molar-refractivity contribution >= 4 is 23.1 Å². The highest BCUT2D eigenvalue weighted by Gasteiger charge is 2.72. The number of nitro benzene ring substituents is 2. The van der Waals surface area contributed by atoms with Gasteiger partial charge in [0.25, 0.3) is 11.4 Å². The Hall–Kier alpha value is -3.97. The van der Waals surface area contributed by atoms with Crippen LogP contribution in [0.4, 0.5) is 11.4 Å². The van der Waals surface area contributed by atoms with E-state index in [1.807, 2.05) is 72.8 Å². The lowest BCUT2D eigenvalue weighted by Gasteiger charge is -2.26. The second kappa shape index (κ2) is 7.86. The Morgan fingerprint density at radius 3 is 1.27 bits per heavy atom. The third-order valence-electron chi connectivity index (χ3n) is 6.05. The molecule has 0 amide bonds. The van der Waals surface area contributed by atoms with E-state index in [-0.39, 0.29) is 11.4 Å². The Morgan fingerprint density at radius 1 is 0.515 bits per heavy atom. The quantitative estimate of drug-likeness (QED) is 0.190. The van der Waals surface area contributed by atoms with Gasteiger partial charge in [-0.05, 0) is 22.3 Å². The largest absolute Gasteiger partial charge is 0.269 e. The van der Waals surface area contributed by atoms with Crippen molar-refractivity contribution in [3.63, 3.8) is 0 Å². The van der Waals surface area contributed by atoms with E-state index in [2.05, 4.69) is 0 Å². The van der Waals surface area contributed by atoms with Crippen molar-refractivity contribution in [3.05, 3.63) is 152 Å². The highest BCUT2D eigenvalue weighted by molar-refractivity contribution is 8.09. The molecule has 0 unspecified atom stereocenters. The Morgan fingerprint density at radius 2 is 0.879 bits per heavy atom. The second-order valence-electron chi connectivity index (χ2n) is 7.81. The Kier molecular flexibility index (Phi) is 4.98. The molecule has 162 valence electrons. The lowest BCUT2D eigenvalue weighted by atomic mass is 9.73. The van der Waals surface area contributed by atoms with Crippen LogP contribution < -0.4 is 0 Å². The molecule has 7 heteroatoms. The summed E-state index contributed by atoms with van der Waals surface area (Å²) in [5.74, 6) is 0. The van der Waals surface area contributed by atoms with Crippen molar-refractivity contribution in [3.8, 4) is 0 Å². The van der Waals surface area contributed by atoms with Crippen LogP contribution in [0.25, 0.3) is 0 Å². The predicted molar refractivity (Wildman–Crippen MR) is 128 cm³/mol. The van der Waals surface area contributed by atoms with Gasteiger partial charge in [0.2, 0.25) is 0 Å². The molecule has 1 heterocycles. The van der Waals surface area contributed by atoms with Crippen LogP contribution in [0.3, 0.4) is 0 Å². The maximum atomic E-state index is 11.6. The van der Waals surface area contributed by atoms with Gasteiger partial charge in [0.1, 0.15) is 0 Å². The zero-order chi connectivity index (χ0) is 23.1. The molecular formula is C26H18N2O4S. The number of hydrogen-bond acceptors (Lipinski definition) is 5. The van der Waals surface area contributed by atoms with Crippen LogP contribution in [0, 0.1) is 20.2 Å². The van der Waals surface area contributed by atoms with Gasteiger partial charge < -0.3 is 0 Å². The first-order chi connectivity index (χ1) is 16.0. The average molecular weight is 455 g/mol. The Labute approximate surface area is 194 Å². The fourth-order valence-corrected chi connectivity index (χ4v) is 6.49. The molecule has 0 aliphatic carbocycles. The minimum Gasteiger partial charge on any atom is -0.258 e. The molecule has 1 aliphatic heterocycles. The SMILES string of the molecule is O=[N+]([O-])c1cccc(C2(c3cccc([N+](=O)[O-])c3)SC2(c2ccccc2)c2ccccc2)c1. The highest BCUT2D eigenvalue weighted by atomic mass is 32.2. The van der Waals surface area contributed by atoms with E-state index < -0.39 is 19.3 Å². The van der Waals surface area contributed by atoms with E-state index >= 15 is 0 Å². The molecule has 1 aliphatic rings. The standard InChI is InChI=1S/C26H18N2O4S/c29-27(30)23-15-7-13-21(17-23)26(22-14-8-16-24(18-22)28(31)32)25(33-26,19-9-3-1-4-10-19)20-11-5-2-6-12-20/h1-18H. The first-order valence-corrected chi connectivity index (χ1v) is 11.1. The molecule has 5 rings (SSSR count). The first-order valence-electron chi connectivity index (χ1n) is 10.3. The highest BCUT2D eigenvalue weighted by Crippen LogP contribution is 2.81. The van der Waals surface area contributed by atoms with E-state index in [9.17, 15) is 20.2 Å². The van der Waals surface area contributed by atoms with Crippen molar-refractivity contribution in [2.45, 2.75) is 9.49 Å². The van der Waals surface area contributed by atoms with E-state index in [4.69, 9.17) is 0 Å². The van der Waals surface area contributed by atoms with Crippen molar-refractivity contribution in [1.82, 2.24) is 0 Å². The Balaban J connectivity index is 1.84. The van der Waals surface area contributed by atoms with Gasteiger partial charge in [0, 0.05) is 24.3 Å². The van der Waals surface area contributed by atoms with Crippen LogP contribution in [-0.2, 0) is 9.49 Å². The molecule has 0 bridgehead atoms. The number of benzene rings is 4. The van der Waals surface area contributed by atoms with E-state index in [0.717, 1.165) is 22.3 Å². The van der Waals surface area contributed by atoms with Gasteiger partial charge in [-0.25, -0.2) is 0 Å². The molecule has 1 fully saturated rings. The molecule has 0 aromatic heterocycles. The van der Waals surface area contributed by atoms with E-state index in [1.54, 1.807) is 36.0 Å². The second-order valence-corrected chi connectivity index (χ2v) is 9.24. The van der Waals surface area contributed by atoms with Crippen molar-refractivity contribution in [2.75, 3.05) is 0 Å². The summed E-state index contributed by atoms with van der Waals surface area (Å²) in [4.78, 5) is 22.4. The third-order valence-corrected chi connectivity index (χ3v) is 8.01. The number of thioether (sulfide) groups is 1. The van der Waals surface area contributed by atoms with Crippen LogP contribution in [0.1, 0.15) is 22.3 Å². The molecule has 4 aromatic rings. The summed E-state index contributed by atoms with van der Waals surface area (Å²) in [6.45, 7) is 0. The fourth-order valence-electron chi connectivity index (χ4n) is 4.61. The molecule has 0 spiro atoms. The number of non-ortho nitro benzene ring substituents is 2. The zero-order valence-corrected chi connectivity index (χ0v) is 18.1. The maximum Gasteiger partial charge on any atom is 0.269 e. The van der Waals surface area contributed by atoms with Crippen LogP contribution in [0.5, 0.6) is 0 Å². The number of nitro groups is 2. The summed E-state index contributed by atoms with van der Waals surface area (Å²) in [5, 5.41) is 23.2. The van der Waals surface area contributed by atoms with Crippen LogP contribution >= 0.6 is 11.8 Å². The van der Waals surface area contributed by atoms with Crippen molar-refractivity contribution in [2.24, 2.45) is 0 Å². The summed E-state index contributed by atoms with van der Waals surface area (Å²) >= 11 is 1.64.